The largest absolute Gasteiger partial charge is 0.462 e. The zero-order valence-electron chi connectivity index (χ0n) is 16.9. The minimum Gasteiger partial charge on any atom is -0.462 e. The Bertz CT molecular complexity index is 947. The fourth-order valence-electron chi connectivity index (χ4n) is 2.75. The molecule has 0 radical (unpaired) electrons. The summed E-state index contributed by atoms with van der Waals surface area (Å²) >= 11 is 0.877. The van der Waals surface area contributed by atoms with Gasteiger partial charge in [0.05, 0.1) is 30.2 Å². The molecule has 2 heterocycles. The molecule has 0 saturated carbocycles. The molecule has 0 bridgehead atoms. The van der Waals surface area contributed by atoms with E-state index in [-0.39, 0.29) is 23.7 Å². The summed E-state index contributed by atoms with van der Waals surface area (Å²) in [4.78, 5) is 37.8. The van der Waals surface area contributed by atoms with Crippen molar-refractivity contribution in [2.45, 2.75) is 19.8 Å². The van der Waals surface area contributed by atoms with Gasteiger partial charge in [-0.25, -0.2) is 4.79 Å². The highest BCUT2D eigenvalue weighted by atomic mass is 32.2. The molecule has 0 spiro atoms. The second-order valence-corrected chi connectivity index (χ2v) is 7.59. The van der Waals surface area contributed by atoms with Crippen LogP contribution in [0.25, 0.3) is 17.4 Å². The number of unbranched alkanes of at least 4 members (excludes halogenated alkanes) is 1. The van der Waals surface area contributed by atoms with Gasteiger partial charge in [-0.3, -0.25) is 14.5 Å². The van der Waals surface area contributed by atoms with Crippen molar-refractivity contribution in [3.05, 3.63) is 52.6 Å². The van der Waals surface area contributed by atoms with Gasteiger partial charge in [-0.2, -0.15) is 0 Å². The number of nitrogens with zero attached hydrogens (tertiary/aromatic N) is 1. The average molecular weight is 429 g/mol. The number of hydrogen-bond acceptors (Lipinski definition) is 7. The fourth-order valence-corrected chi connectivity index (χ4v) is 3.60. The molecule has 1 fully saturated rings. The van der Waals surface area contributed by atoms with Gasteiger partial charge in [0.15, 0.2) is 0 Å². The van der Waals surface area contributed by atoms with E-state index in [0.717, 1.165) is 35.1 Å². The number of rotatable bonds is 9. The molecule has 30 heavy (non-hydrogen) atoms. The number of carbonyl (C=O) groups is 3. The molecule has 1 aromatic heterocycles. The van der Waals surface area contributed by atoms with Gasteiger partial charge in [-0.05, 0) is 42.4 Å². The second kappa shape index (κ2) is 10.3. The van der Waals surface area contributed by atoms with Crippen LogP contribution in [-0.4, -0.2) is 48.9 Å². The number of hydrogen-bond donors (Lipinski definition) is 0. The molecular weight excluding hydrogens is 406 g/mol. The van der Waals surface area contributed by atoms with Crippen molar-refractivity contribution < 1.29 is 28.3 Å². The molecule has 3 rings (SSSR count). The second-order valence-electron chi connectivity index (χ2n) is 6.59. The summed E-state index contributed by atoms with van der Waals surface area (Å²) in [5, 5.41) is -0.323. The Morgan fingerprint density at radius 1 is 1.13 bits per heavy atom. The Hall–Kier alpha value is -2.84. The summed E-state index contributed by atoms with van der Waals surface area (Å²) in [6.45, 7) is 2.95. The van der Waals surface area contributed by atoms with Gasteiger partial charge < -0.3 is 13.9 Å². The number of carbonyl (C=O) groups excluding carboxylic acids is 3. The molecule has 158 valence electrons. The molecule has 0 aliphatic carbocycles. The first-order valence-corrected chi connectivity index (χ1v) is 10.5. The molecule has 2 aromatic rings. The Balaban J connectivity index is 1.68. The summed E-state index contributed by atoms with van der Waals surface area (Å²) in [6, 6.07) is 10.4. The van der Waals surface area contributed by atoms with E-state index >= 15 is 0 Å². The maximum Gasteiger partial charge on any atom is 0.338 e. The highest BCUT2D eigenvalue weighted by Crippen LogP contribution is 2.33. The quantitative estimate of drug-likeness (QED) is 0.327. The third kappa shape index (κ3) is 5.20. The molecule has 1 aromatic carbocycles. The van der Waals surface area contributed by atoms with Crippen LogP contribution >= 0.6 is 11.8 Å². The molecule has 1 aliphatic rings. The smallest absolute Gasteiger partial charge is 0.338 e. The van der Waals surface area contributed by atoms with Crippen LogP contribution in [0.2, 0.25) is 0 Å². The third-order valence-corrected chi connectivity index (χ3v) is 5.34. The predicted molar refractivity (Wildman–Crippen MR) is 114 cm³/mol. The summed E-state index contributed by atoms with van der Waals surface area (Å²) in [6.07, 6.45) is 3.36. The number of thioether (sulfide) groups is 1. The predicted octanol–water partition coefficient (Wildman–Crippen LogP) is 4.59. The maximum absolute atomic E-state index is 12.4. The standard InChI is InChI=1S/C22H23NO6S/c1-3-4-12-28-21(25)16-7-5-15(6-8-16)18-10-9-17(29-18)14-19-20(24)23(11-13-27-2)22(26)30-19/h5-10,14H,3-4,11-13H2,1-2H3/b19-14+. The molecule has 7 nitrogen and oxygen atoms in total. The molecule has 2 amide bonds. The third-order valence-electron chi connectivity index (χ3n) is 4.43. The van der Waals surface area contributed by atoms with Crippen molar-refractivity contribution in [3.63, 3.8) is 0 Å². The molecule has 0 atom stereocenters. The van der Waals surface area contributed by atoms with Gasteiger partial charge in [0.25, 0.3) is 11.1 Å². The minimum atomic E-state index is -0.356. The van der Waals surface area contributed by atoms with Crippen LogP contribution < -0.4 is 0 Å². The number of imide groups is 1. The Morgan fingerprint density at radius 2 is 1.90 bits per heavy atom. The summed E-state index contributed by atoms with van der Waals surface area (Å²) in [5.74, 6) is 0.348. The highest BCUT2D eigenvalue weighted by molar-refractivity contribution is 8.18. The van der Waals surface area contributed by atoms with E-state index in [1.807, 2.05) is 6.92 Å². The molecule has 1 saturated heterocycles. The molecule has 1 aliphatic heterocycles. The van der Waals surface area contributed by atoms with Gasteiger partial charge in [-0.15, -0.1) is 0 Å². The van der Waals surface area contributed by atoms with Crippen molar-refractivity contribution in [1.29, 1.82) is 0 Å². The summed E-state index contributed by atoms with van der Waals surface area (Å²) < 4.78 is 15.9. The monoisotopic (exact) mass is 429 g/mol. The first-order chi connectivity index (χ1) is 14.5. The number of esters is 1. The lowest BCUT2D eigenvalue weighted by molar-refractivity contribution is -0.123. The highest BCUT2D eigenvalue weighted by Gasteiger charge is 2.34. The van der Waals surface area contributed by atoms with E-state index < -0.39 is 0 Å². The van der Waals surface area contributed by atoms with Gasteiger partial charge in [0, 0.05) is 18.7 Å². The Morgan fingerprint density at radius 3 is 2.60 bits per heavy atom. The van der Waals surface area contributed by atoms with Crippen molar-refractivity contribution in [2.75, 3.05) is 26.9 Å². The lowest BCUT2D eigenvalue weighted by atomic mass is 10.1. The molecule has 8 heteroatoms. The Labute approximate surface area is 179 Å². The van der Waals surface area contributed by atoms with E-state index in [1.165, 1.54) is 7.11 Å². The van der Waals surface area contributed by atoms with E-state index in [2.05, 4.69) is 0 Å². The molecular formula is C22H23NO6S. The lowest BCUT2D eigenvalue weighted by Gasteiger charge is -2.10. The van der Waals surface area contributed by atoms with Crippen LogP contribution in [-0.2, 0) is 14.3 Å². The van der Waals surface area contributed by atoms with Crippen LogP contribution in [0.5, 0.6) is 0 Å². The lowest BCUT2D eigenvalue weighted by Crippen LogP contribution is -2.31. The number of ether oxygens (including phenoxy) is 2. The van der Waals surface area contributed by atoms with Crippen molar-refractivity contribution in [2.24, 2.45) is 0 Å². The molecule has 0 unspecified atom stereocenters. The van der Waals surface area contributed by atoms with Crippen molar-refractivity contribution in [1.82, 2.24) is 4.90 Å². The fraction of sp³-hybridized carbons (Fsp3) is 0.318. The minimum absolute atomic E-state index is 0.217. The van der Waals surface area contributed by atoms with Crippen LogP contribution in [0.15, 0.2) is 45.7 Å². The van der Waals surface area contributed by atoms with Crippen molar-refractivity contribution >= 4 is 35.0 Å². The number of benzene rings is 1. The van der Waals surface area contributed by atoms with Crippen molar-refractivity contribution in [3.8, 4) is 11.3 Å². The Kier molecular flexibility index (Phi) is 7.48. The number of furan rings is 1. The number of amides is 2. The van der Waals surface area contributed by atoms with Gasteiger partial charge in [-0.1, -0.05) is 25.5 Å². The average Bonchev–Trinajstić information content (AvgIpc) is 3.32. The SMILES string of the molecule is CCCCOC(=O)c1ccc(-c2ccc(/C=C3/SC(=O)N(CCOC)C3=O)o2)cc1. The van der Waals surface area contributed by atoms with E-state index in [0.29, 0.717) is 35.2 Å². The zero-order chi connectivity index (χ0) is 21.5. The van der Waals surface area contributed by atoms with Crippen LogP contribution in [0.3, 0.4) is 0 Å². The van der Waals surface area contributed by atoms with Crippen LogP contribution in [0.1, 0.15) is 35.9 Å². The van der Waals surface area contributed by atoms with E-state index in [1.54, 1.807) is 42.5 Å². The number of methoxy groups -OCH3 is 1. The first-order valence-electron chi connectivity index (χ1n) is 9.65. The van der Waals surface area contributed by atoms with Gasteiger partial charge in [0.2, 0.25) is 0 Å². The maximum atomic E-state index is 12.4. The topological polar surface area (TPSA) is 86.0 Å². The van der Waals surface area contributed by atoms with Gasteiger partial charge in [0.1, 0.15) is 11.5 Å². The van der Waals surface area contributed by atoms with E-state index in [9.17, 15) is 14.4 Å². The van der Waals surface area contributed by atoms with E-state index in [4.69, 9.17) is 13.9 Å². The van der Waals surface area contributed by atoms with Crippen LogP contribution in [0, 0.1) is 0 Å². The first kappa shape index (κ1) is 21.9. The van der Waals surface area contributed by atoms with Crippen LogP contribution in [0.4, 0.5) is 4.79 Å². The summed E-state index contributed by atoms with van der Waals surface area (Å²) in [7, 11) is 1.52. The molecule has 0 N–H and O–H groups in total. The van der Waals surface area contributed by atoms with Gasteiger partial charge >= 0.3 is 5.97 Å². The summed E-state index contributed by atoms with van der Waals surface area (Å²) in [5.41, 5.74) is 1.26. The zero-order valence-corrected chi connectivity index (χ0v) is 17.7. The normalized spacial score (nSPS) is 15.3.